The highest BCUT2D eigenvalue weighted by Gasteiger charge is 2.37. The molecule has 1 saturated carbocycles. The summed E-state index contributed by atoms with van der Waals surface area (Å²) in [6, 6.07) is 0. The van der Waals surface area contributed by atoms with Gasteiger partial charge in [0.1, 0.15) is 6.61 Å². The van der Waals surface area contributed by atoms with Crippen LogP contribution < -0.4 is 5.73 Å². The second kappa shape index (κ2) is 4.01. The summed E-state index contributed by atoms with van der Waals surface area (Å²) in [7, 11) is 1.55. The average Bonchev–Trinajstić information content (AvgIpc) is 1.97. The van der Waals surface area contributed by atoms with E-state index in [-0.39, 0.29) is 17.8 Å². The summed E-state index contributed by atoms with van der Waals surface area (Å²) in [5.41, 5.74) is 5.75. The molecule has 0 aliphatic heterocycles. The Morgan fingerprint density at radius 3 is 2.58 bits per heavy atom. The van der Waals surface area contributed by atoms with Gasteiger partial charge >= 0.3 is 0 Å². The molecule has 1 rings (SSSR count). The van der Waals surface area contributed by atoms with E-state index >= 15 is 0 Å². The summed E-state index contributed by atoms with van der Waals surface area (Å²) in [5, 5.41) is 0. The Morgan fingerprint density at radius 1 is 1.58 bits per heavy atom. The van der Waals surface area contributed by atoms with Crippen LogP contribution >= 0.6 is 0 Å². The van der Waals surface area contributed by atoms with Gasteiger partial charge in [0.15, 0.2) is 5.78 Å². The number of hydrogen-bond donors (Lipinski definition) is 1. The Balaban J connectivity index is 2.32. The Bertz CT molecular complexity index is 158. The van der Waals surface area contributed by atoms with Crippen molar-refractivity contribution < 1.29 is 9.53 Å². The normalized spacial score (nSPS) is 20.2. The summed E-state index contributed by atoms with van der Waals surface area (Å²) >= 11 is 0. The van der Waals surface area contributed by atoms with Gasteiger partial charge in [-0.3, -0.25) is 4.79 Å². The van der Waals surface area contributed by atoms with E-state index in [1.54, 1.807) is 7.11 Å². The molecule has 0 spiro atoms. The zero-order valence-corrected chi connectivity index (χ0v) is 7.64. The number of methoxy groups -OCH3 is 1. The lowest BCUT2D eigenvalue weighted by atomic mass is 9.66. The monoisotopic (exact) mass is 171 g/mol. The quantitative estimate of drug-likeness (QED) is 0.663. The van der Waals surface area contributed by atoms with Crippen molar-refractivity contribution in [1.29, 1.82) is 0 Å². The first-order valence-electron chi connectivity index (χ1n) is 4.43. The first-order chi connectivity index (χ1) is 5.72. The number of ketones is 1. The van der Waals surface area contributed by atoms with Gasteiger partial charge in [0.05, 0.1) is 0 Å². The highest BCUT2D eigenvalue weighted by molar-refractivity contribution is 5.80. The fourth-order valence-corrected chi connectivity index (χ4v) is 1.76. The fraction of sp³-hybridized carbons (Fsp3) is 0.889. The molecule has 0 aromatic carbocycles. The van der Waals surface area contributed by atoms with E-state index in [9.17, 15) is 4.79 Å². The van der Waals surface area contributed by atoms with Gasteiger partial charge in [0.25, 0.3) is 0 Å². The first-order valence-corrected chi connectivity index (χ1v) is 4.43. The van der Waals surface area contributed by atoms with Crippen LogP contribution in [0.1, 0.15) is 25.7 Å². The lowest BCUT2D eigenvalue weighted by molar-refractivity contribution is -0.126. The predicted molar refractivity (Wildman–Crippen MR) is 46.8 cm³/mol. The maximum Gasteiger partial charge on any atom is 0.159 e. The van der Waals surface area contributed by atoms with Crippen molar-refractivity contribution in [2.24, 2.45) is 11.1 Å². The number of carbonyl (C=O) groups excluding carboxylic acids is 1. The fourth-order valence-electron chi connectivity index (χ4n) is 1.76. The maximum absolute atomic E-state index is 11.2. The van der Waals surface area contributed by atoms with E-state index in [0.717, 1.165) is 12.8 Å². The van der Waals surface area contributed by atoms with E-state index in [2.05, 4.69) is 0 Å². The van der Waals surface area contributed by atoms with Crippen LogP contribution in [0.25, 0.3) is 0 Å². The van der Waals surface area contributed by atoms with Gasteiger partial charge in [-0.25, -0.2) is 0 Å². The van der Waals surface area contributed by atoms with Crippen molar-refractivity contribution in [3.63, 3.8) is 0 Å². The van der Waals surface area contributed by atoms with Gasteiger partial charge in [0, 0.05) is 13.5 Å². The van der Waals surface area contributed by atoms with Crippen molar-refractivity contribution in [2.75, 3.05) is 20.3 Å². The molecule has 0 bridgehead atoms. The van der Waals surface area contributed by atoms with Crippen molar-refractivity contribution in [2.45, 2.75) is 25.7 Å². The van der Waals surface area contributed by atoms with Gasteiger partial charge in [-0.2, -0.15) is 0 Å². The second-order valence-corrected chi connectivity index (χ2v) is 3.71. The molecule has 12 heavy (non-hydrogen) atoms. The standard InChI is InChI=1S/C9H17NO2/c1-12-6-8(11)5-9(7-10)3-2-4-9/h2-7,10H2,1H3. The predicted octanol–water partition coefficient (Wildman–Crippen LogP) is 0.721. The molecule has 3 heteroatoms. The van der Waals surface area contributed by atoms with Gasteiger partial charge in [-0.1, -0.05) is 6.42 Å². The van der Waals surface area contributed by atoms with Crippen molar-refractivity contribution in [3.05, 3.63) is 0 Å². The van der Waals surface area contributed by atoms with E-state index in [1.807, 2.05) is 0 Å². The summed E-state index contributed by atoms with van der Waals surface area (Å²) < 4.78 is 4.77. The third-order valence-electron chi connectivity index (χ3n) is 2.72. The summed E-state index contributed by atoms with van der Waals surface area (Å²) in [6.45, 7) is 0.879. The third kappa shape index (κ3) is 2.05. The number of nitrogens with two attached hydrogens (primary N) is 1. The molecule has 0 atom stereocenters. The van der Waals surface area contributed by atoms with E-state index < -0.39 is 0 Å². The van der Waals surface area contributed by atoms with Crippen LogP contribution in [0.3, 0.4) is 0 Å². The van der Waals surface area contributed by atoms with Crippen LogP contribution in [0, 0.1) is 5.41 Å². The van der Waals surface area contributed by atoms with Crippen LogP contribution in [0.15, 0.2) is 0 Å². The Kier molecular flexibility index (Phi) is 3.23. The van der Waals surface area contributed by atoms with E-state index in [1.165, 1.54) is 6.42 Å². The summed E-state index contributed by atoms with van der Waals surface area (Å²) in [5.74, 6) is 0.183. The molecular formula is C9H17NO2. The first kappa shape index (κ1) is 9.68. The second-order valence-electron chi connectivity index (χ2n) is 3.71. The minimum Gasteiger partial charge on any atom is -0.377 e. The van der Waals surface area contributed by atoms with Crippen molar-refractivity contribution in [1.82, 2.24) is 0 Å². The lowest BCUT2D eigenvalue weighted by Crippen LogP contribution is -2.39. The van der Waals surface area contributed by atoms with Gasteiger partial charge in [-0.05, 0) is 24.8 Å². The number of carbonyl (C=O) groups is 1. The van der Waals surface area contributed by atoms with E-state index in [4.69, 9.17) is 10.5 Å². The Hall–Kier alpha value is -0.410. The average molecular weight is 171 g/mol. The highest BCUT2D eigenvalue weighted by Crippen LogP contribution is 2.42. The summed E-state index contributed by atoms with van der Waals surface area (Å²) in [4.78, 5) is 11.2. The number of Topliss-reactive ketones (excluding diaryl/α,β-unsaturated/α-hetero) is 1. The molecule has 0 radical (unpaired) electrons. The van der Waals surface area contributed by atoms with Gasteiger partial charge < -0.3 is 10.5 Å². The third-order valence-corrected chi connectivity index (χ3v) is 2.72. The largest absolute Gasteiger partial charge is 0.377 e. The van der Waals surface area contributed by atoms with Crippen LogP contribution in [-0.2, 0) is 9.53 Å². The minimum absolute atomic E-state index is 0.135. The van der Waals surface area contributed by atoms with Crippen molar-refractivity contribution >= 4 is 5.78 Å². The molecular weight excluding hydrogens is 154 g/mol. The Labute approximate surface area is 73.3 Å². The molecule has 1 aliphatic carbocycles. The topological polar surface area (TPSA) is 52.3 Å². The number of rotatable bonds is 5. The van der Waals surface area contributed by atoms with Crippen LogP contribution in [0.4, 0.5) is 0 Å². The lowest BCUT2D eigenvalue weighted by Gasteiger charge is -2.40. The molecule has 0 amide bonds. The van der Waals surface area contributed by atoms with Crippen LogP contribution in [0.2, 0.25) is 0 Å². The van der Waals surface area contributed by atoms with Crippen LogP contribution in [-0.4, -0.2) is 26.0 Å². The van der Waals surface area contributed by atoms with Gasteiger partial charge in [-0.15, -0.1) is 0 Å². The van der Waals surface area contributed by atoms with Gasteiger partial charge in [0.2, 0.25) is 0 Å². The molecule has 1 fully saturated rings. The zero-order valence-electron chi connectivity index (χ0n) is 7.64. The molecule has 70 valence electrons. The minimum atomic E-state index is 0.135. The SMILES string of the molecule is COCC(=O)CC1(CN)CCC1. The molecule has 2 N–H and O–H groups in total. The molecule has 0 unspecified atom stereocenters. The molecule has 1 aliphatic rings. The molecule has 0 aromatic rings. The molecule has 0 saturated heterocycles. The number of ether oxygens (including phenoxy) is 1. The smallest absolute Gasteiger partial charge is 0.159 e. The highest BCUT2D eigenvalue weighted by atomic mass is 16.5. The Morgan fingerprint density at radius 2 is 2.25 bits per heavy atom. The van der Waals surface area contributed by atoms with Crippen LogP contribution in [0.5, 0.6) is 0 Å². The molecule has 0 heterocycles. The number of hydrogen-bond acceptors (Lipinski definition) is 3. The molecule has 3 nitrogen and oxygen atoms in total. The zero-order chi connectivity index (χ0) is 9.03. The summed E-state index contributed by atoms with van der Waals surface area (Å²) in [6.07, 6.45) is 4.05. The van der Waals surface area contributed by atoms with Crippen molar-refractivity contribution in [3.8, 4) is 0 Å². The maximum atomic E-state index is 11.2. The molecule has 0 aromatic heterocycles. The van der Waals surface area contributed by atoms with E-state index in [0.29, 0.717) is 13.0 Å².